The maximum Gasteiger partial charge on any atom is 0.213 e. The molecule has 1 atom stereocenters. The van der Waals surface area contributed by atoms with E-state index in [1.165, 1.54) is 0 Å². The van der Waals surface area contributed by atoms with Crippen molar-refractivity contribution in [2.75, 3.05) is 25.5 Å². The van der Waals surface area contributed by atoms with Crippen LogP contribution in [0.4, 0.5) is 0 Å². The molecule has 0 fully saturated rings. The van der Waals surface area contributed by atoms with Crippen LogP contribution in [0.2, 0.25) is 0 Å². The van der Waals surface area contributed by atoms with Gasteiger partial charge in [-0.1, -0.05) is 6.92 Å². The molecular formula is C8H19N3O3S. The molecule has 1 unspecified atom stereocenters. The summed E-state index contributed by atoms with van der Waals surface area (Å²) in [6.45, 7) is 4.33. The first-order valence-electron chi connectivity index (χ1n) is 4.78. The molecule has 0 aromatic heterocycles. The van der Waals surface area contributed by atoms with Crippen molar-refractivity contribution in [2.24, 2.45) is 11.7 Å². The zero-order valence-corrected chi connectivity index (χ0v) is 9.93. The van der Waals surface area contributed by atoms with Crippen molar-refractivity contribution < 1.29 is 13.2 Å². The maximum atomic E-state index is 11.3. The van der Waals surface area contributed by atoms with Crippen molar-refractivity contribution in [3.63, 3.8) is 0 Å². The molecule has 0 spiro atoms. The Morgan fingerprint density at radius 2 is 2.20 bits per heavy atom. The van der Waals surface area contributed by atoms with Gasteiger partial charge < -0.3 is 10.5 Å². The molecule has 0 saturated heterocycles. The number of nitrogens with one attached hydrogen (secondary N) is 2. The fraction of sp³-hybridized carbons (Fsp3) is 0.875. The molecule has 0 aliphatic heterocycles. The standard InChI is InChI=1S/C8H19N3O3S/c1-3-14-4-5-15(12,13)11-6-7(2)8(9)10/h7,11H,3-6H2,1-2H3,(H3,9,10). The number of nitrogens with two attached hydrogens (primary N) is 1. The Morgan fingerprint density at radius 3 is 2.67 bits per heavy atom. The second-order valence-corrected chi connectivity index (χ2v) is 5.15. The third-order valence-electron chi connectivity index (χ3n) is 1.84. The van der Waals surface area contributed by atoms with Gasteiger partial charge in [-0.25, -0.2) is 13.1 Å². The van der Waals surface area contributed by atoms with E-state index in [-0.39, 0.29) is 30.7 Å². The minimum atomic E-state index is -3.31. The molecule has 6 nitrogen and oxygen atoms in total. The molecule has 90 valence electrons. The molecule has 0 aromatic carbocycles. The van der Waals surface area contributed by atoms with Gasteiger partial charge in [0.2, 0.25) is 10.0 Å². The fourth-order valence-corrected chi connectivity index (χ4v) is 1.73. The van der Waals surface area contributed by atoms with Gasteiger partial charge in [0, 0.05) is 19.1 Å². The highest BCUT2D eigenvalue weighted by Gasteiger charge is 2.12. The fourth-order valence-electron chi connectivity index (χ4n) is 0.747. The zero-order chi connectivity index (χ0) is 11.9. The number of hydrogen-bond acceptors (Lipinski definition) is 4. The van der Waals surface area contributed by atoms with Crippen LogP contribution < -0.4 is 10.5 Å². The normalized spacial score (nSPS) is 13.7. The van der Waals surface area contributed by atoms with E-state index in [0.29, 0.717) is 6.61 Å². The van der Waals surface area contributed by atoms with Crippen LogP contribution in [0.1, 0.15) is 13.8 Å². The largest absolute Gasteiger partial charge is 0.387 e. The van der Waals surface area contributed by atoms with Gasteiger partial charge in [0.25, 0.3) is 0 Å². The van der Waals surface area contributed by atoms with Crippen LogP contribution in [0.5, 0.6) is 0 Å². The Bertz CT molecular complexity index is 290. The highest BCUT2D eigenvalue weighted by Crippen LogP contribution is 1.93. The van der Waals surface area contributed by atoms with Gasteiger partial charge in [-0.05, 0) is 6.92 Å². The Kier molecular flexibility index (Phi) is 6.46. The van der Waals surface area contributed by atoms with Gasteiger partial charge in [-0.15, -0.1) is 0 Å². The van der Waals surface area contributed by atoms with Crippen LogP contribution in [-0.2, 0) is 14.8 Å². The summed E-state index contributed by atoms with van der Waals surface area (Å²) in [6.07, 6.45) is 0. The van der Waals surface area contributed by atoms with Crippen molar-refractivity contribution >= 4 is 15.9 Å². The maximum absolute atomic E-state index is 11.3. The van der Waals surface area contributed by atoms with E-state index in [9.17, 15) is 8.42 Å². The van der Waals surface area contributed by atoms with Gasteiger partial charge in [0.05, 0.1) is 18.2 Å². The van der Waals surface area contributed by atoms with Gasteiger partial charge in [-0.2, -0.15) is 0 Å². The zero-order valence-electron chi connectivity index (χ0n) is 9.12. The monoisotopic (exact) mass is 237 g/mol. The molecule has 0 radical (unpaired) electrons. The van der Waals surface area contributed by atoms with Gasteiger partial charge >= 0.3 is 0 Å². The van der Waals surface area contributed by atoms with Crippen LogP contribution in [0.25, 0.3) is 0 Å². The molecule has 0 amide bonds. The summed E-state index contributed by atoms with van der Waals surface area (Å²) in [5, 5.41) is 7.09. The summed E-state index contributed by atoms with van der Waals surface area (Å²) in [5.74, 6) is -0.375. The molecule has 0 heterocycles. The molecule has 0 bridgehead atoms. The third kappa shape index (κ3) is 7.29. The molecule has 0 saturated carbocycles. The smallest absolute Gasteiger partial charge is 0.213 e. The second kappa shape index (κ2) is 6.76. The van der Waals surface area contributed by atoms with E-state index in [4.69, 9.17) is 15.9 Å². The Hall–Kier alpha value is -0.660. The van der Waals surface area contributed by atoms with E-state index in [0.717, 1.165) is 0 Å². The summed E-state index contributed by atoms with van der Waals surface area (Å²) in [4.78, 5) is 0. The summed E-state index contributed by atoms with van der Waals surface area (Å²) >= 11 is 0. The lowest BCUT2D eigenvalue weighted by Gasteiger charge is -2.11. The average molecular weight is 237 g/mol. The topological polar surface area (TPSA) is 105 Å². The summed E-state index contributed by atoms with van der Waals surface area (Å²) in [5.41, 5.74) is 5.21. The van der Waals surface area contributed by atoms with E-state index >= 15 is 0 Å². The van der Waals surface area contributed by atoms with Gasteiger partial charge in [0.15, 0.2) is 0 Å². The van der Waals surface area contributed by atoms with E-state index < -0.39 is 10.0 Å². The molecular weight excluding hydrogens is 218 g/mol. The first kappa shape index (κ1) is 14.3. The van der Waals surface area contributed by atoms with Gasteiger partial charge in [-0.3, -0.25) is 5.41 Å². The van der Waals surface area contributed by atoms with E-state index in [1.807, 2.05) is 0 Å². The molecule has 15 heavy (non-hydrogen) atoms. The first-order chi connectivity index (χ1) is 6.89. The second-order valence-electron chi connectivity index (χ2n) is 3.22. The van der Waals surface area contributed by atoms with Crippen molar-refractivity contribution in [1.29, 1.82) is 5.41 Å². The lowest BCUT2D eigenvalue weighted by molar-refractivity contribution is 0.163. The lowest BCUT2D eigenvalue weighted by Crippen LogP contribution is -2.36. The quantitative estimate of drug-likeness (QED) is 0.301. The Balaban J connectivity index is 3.89. The lowest BCUT2D eigenvalue weighted by atomic mass is 10.2. The van der Waals surface area contributed by atoms with Crippen molar-refractivity contribution in [3.8, 4) is 0 Å². The van der Waals surface area contributed by atoms with Crippen molar-refractivity contribution in [3.05, 3.63) is 0 Å². The molecule has 7 heteroatoms. The van der Waals surface area contributed by atoms with Crippen LogP contribution >= 0.6 is 0 Å². The van der Waals surface area contributed by atoms with Crippen LogP contribution in [0, 0.1) is 11.3 Å². The highest BCUT2D eigenvalue weighted by atomic mass is 32.2. The first-order valence-corrected chi connectivity index (χ1v) is 6.43. The number of hydrogen-bond donors (Lipinski definition) is 3. The summed E-state index contributed by atoms with van der Waals surface area (Å²) in [6, 6.07) is 0. The van der Waals surface area contributed by atoms with E-state index in [2.05, 4.69) is 4.72 Å². The molecule has 4 N–H and O–H groups in total. The average Bonchev–Trinajstić information content (AvgIpc) is 2.14. The number of sulfonamides is 1. The van der Waals surface area contributed by atoms with Crippen molar-refractivity contribution in [2.45, 2.75) is 13.8 Å². The molecule has 0 aliphatic carbocycles. The summed E-state index contributed by atoms with van der Waals surface area (Å²) < 4.78 is 30.0. The van der Waals surface area contributed by atoms with Crippen molar-refractivity contribution in [1.82, 2.24) is 4.72 Å². The third-order valence-corrected chi connectivity index (χ3v) is 3.15. The van der Waals surface area contributed by atoms with Crippen LogP contribution in [0.15, 0.2) is 0 Å². The van der Waals surface area contributed by atoms with Gasteiger partial charge in [0.1, 0.15) is 0 Å². The number of rotatable bonds is 8. The number of amidine groups is 1. The Labute approximate surface area is 90.7 Å². The number of ether oxygens (including phenoxy) is 1. The Morgan fingerprint density at radius 1 is 1.60 bits per heavy atom. The van der Waals surface area contributed by atoms with Crippen LogP contribution in [-0.4, -0.2) is 39.8 Å². The molecule has 0 rings (SSSR count). The van der Waals surface area contributed by atoms with E-state index in [1.54, 1.807) is 13.8 Å². The molecule has 0 aliphatic rings. The highest BCUT2D eigenvalue weighted by molar-refractivity contribution is 7.89. The van der Waals surface area contributed by atoms with Crippen LogP contribution in [0.3, 0.4) is 0 Å². The predicted molar refractivity (Wildman–Crippen MR) is 59.4 cm³/mol. The summed E-state index contributed by atoms with van der Waals surface area (Å²) in [7, 11) is -3.31. The predicted octanol–water partition coefficient (Wildman–Crippen LogP) is -0.486. The minimum absolute atomic E-state index is 0.0255. The minimum Gasteiger partial charge on any atom is -0.387 e. The SMILES string of the molecule is CCOCCS(=O)(=O)NCC(C)C(=N)N. The molecule has 0 aromatic rings.